The van der Waals surface area contributed by atoms with Crippen molar-refractivity contribution in [3.05, 3.63) is 71.9 Å². The first-order valence-corrected chi connectivity index (χ1v) is 10.1. The van der Waals surface area contributed by atoms with Crippen molar-refractivity contribution >= 4 is 5.91 Å². The van der Waals surface area contributed by atoms with Crippen LogP contribution in [-0.2, 0) is 0 Å². The van der Waals surface area contributed by atoms with Crippen LogP contribution < -0.4 is 4.90 Å². The van der Waals surface area contributed by atoms with Crippen LogP contribution in [0.3, 0.4) is 0 Å². The van der Waals surface area contributed by atoms with Gasteiger partial charge in [0.1, 0.15) is 12.2 Å². The van der Waals surface area contributed by atoms with Gasteiger partial charge in [-0.15, -0.1) is 0 Å². The van der Waals surface area contributed by atoms with Crippen molar-refractivity contribution in [2.75, 3.05) is 39.3 Å². The summed E-state index contributed by atoms with van der Waals surface area (Å²) in [5, 5.41) is 14.0. The minimum absolute atomic E-state index is 0.0217. The summed E-state index contributed by atoms with van der Waals surface area (Å²) >= 11 is 0. The number of hydrogen-bond donors (Lipinski definition) is 2. The van der Waals surface area contributed by atoms with Gasteiger partial charge in [0.25, 0.3) is 5.91 Å². The third kappa shape index (κ3) is 4.09. The molecule has 0 unspecified atom stereocenters. The van der Waals surface area contributed by atoms with Gasteiger partial charge in [0.05, 0.1) is 44.0 Å². The number of aryl methyl sites for hydroxylation is 1. The highest BCUT2D eigenvalue weighted by atomic mass is 16.3. The van der Waals surface area contributed by atoms with E-state index in [0.29, 0.717) is 18.7 Å². The standard InChI is InChI=1S/C23H26N4O2/c1-18-7-5-6-10-20(18)22-21(17-27(24-22)19-8-3-2-4-9-19)23(29)26-13-11-25(12-14-26)15-16-28/h2-10,17,28H,11-16H2,1H3/p+1. The zero-order chi connectivity index (χ0) is 20.2. The highest BCUT2D eigenvalue weighted by molar-refractivity contribution is 6.00. The predicted octanol–water partition coefficient (Wildman–Crippen LogP) is 1.18. The van der Waals surface area contributed by atoms with Gasteiger partial charge in [-0.1, -0.05) is 42.5 Å². The van der Waals surface area contributed by atoms with E-state index in [0.717, 1.165) is 42.1 Å². The monoisotopic (exact) mass is 391 g/mol. The van der Waals surface area contributed by atoms with Crippen LogP contribution >= 0.6 is 0 Å². The SMILES string of the molecule is Cc1ccccc1-c1nn(-c2ccccc2)cc1C(=O)N1CC[NH+](CCO)CC1. The molecule has 1 saturated heterocycles. The molecule has 0 radical (unpaired) electrons. The molecule has 1 amide bonds. The Bertz CT molecular complexity index is 976. The van der Waals surface area contributed by atoms with Crippen molar-refractivity contribution in [1.29, 1.82) is 0 Å². The van der Waals surface area contributed by atoms with Crippen molar-refractivity contribution in [3.63, 3.8) is 0 Å². The number of piperazine rings is 1. The molecular formula is C23H27N4O2+. The van der Waals surface area contributed by atoms with Crippen LogP contribution in [0.25, 0.3) is 16.9 Å². The molecule has 2 N–H and O–H groups in total. The largest absolute Gasteiger partial charge is 0.391 e. The van der Waals surface area contributed by atoms with Gasteiger partial charge in [0.2, 0.25) is 0 Å². The summed E-state index contributed by atoms with van der Waals surface area (Å²) in [6.07, 6.45) is 1.85. The maximum absolute atomic E-state index is 13.4. The number of para-hydroxylation sites is 1. The maximum atomic E-state index is 13.4. The minimum atomic E-state index is 0.0217. The number of carbonyl (C=O) groups is 1. The average molecular weight is 391 g/mol. The fraction of sp³-hybridized carbons (Fsp3) is 0.304. The lowest BCUT2D eigenvalue weighted by Gasteiger charge is -2.31. The Kier molecular flexibility index (Phi) is 5.74. The summed E-state index contributed by atoms with van der Waals surface area (Å²) in [6.45, 7) is 6.07. The lowest BCUT2D eigenvalue weighted by molar-refractivity contribution is -0.904. The number of benzene rings is 2. The Morgan fingerprint density at radius 3 is 2.45 bits per heavy atom. The molecule has 1 aliphatic rings. The third-order valence-electron chi connectivity index (χ3n) is 5.59. The Labute approximate surface area is 171 Å². The molecule has 29 heavy (non-hydrogen) atoms. The fourth-order valence-electron chi connectivity index (χ4n) is 3.89. The van der Waals surface area contributed by atoms with E-state index >= 15 is 0 Å². The normalized spacial score (nSPS) is 14.9. The van der Waals surface area contributed by atoms with E-state index in [4.69, 9.17) is 10.2 Å². The summed E-state index contributed by atoms with van der Waals surface area (Å²) in [7, 11) is 0. The lowest BCUT2D eigenvalue weighted by Crippen LogP contribution is -3.15. The summed E-state index contributed by atoms with van der Waals surface area (Å²) < 4.78 is 1.79. The van der Waals surface area contributed by atoms with Crippen LogP contribution in [0.4, 0.5) is 0 Å². The fourth-order valence-corrected chi connectivity index (χ4v) is 3.89. The molecular weight excluding hydrogens is 364 g/mol. The summed E-state index contributed by atoms with van der Waals surface area (Å²) in [5.41, 5.74) is 4.36. The van der Waals surface area contributed by atoms with Gasteiger partial charge in [0, 0.05) is 11.8 Å². The van der Waals surface area contributed by atoms with Crippen molar-refractivity contribution in [2.24, 2.45) is 0 Å². The molecule has 3 aromatic rings. The van der Waals surface area contributed by atoms with E-state index in [1.807, 2.05) is 72.6 Å². The van der Waals surface area contributed by atoms with Gasteiger partial charge >= 0.3 is 0 Å². The highest BCUT2D eigenvalue weighted by Gasteiger charge is 2.28. The second-order valence-corrected chi connectivity index (χ2v) is 7.50. The molecule has 1 aromatic heterocycles. The Morgan fingerprint density at radius 1 is 1.07 bits per heavy atom. The van der Waals surface area contributed by atoms with Gasteiger partial charge in [-0.3, -0.25) is 4.79 Å². The molecule has 0 bridgehead atoms. The van der Waals surface area contributed by atoms with Crippen molar-refractivity contribution < 1.29 is 14.8 Å². The van der Waals surface area contributed by atoms with Gasteiger partial charge in [-0.2, -0.15) is 5.10 Å². The number of aliphatic hydroxyl groups excluding tert-OH is 1. The Hall–Kier alpha value is -2.96. The molecule has 1 fully saturated rings. The third-order valence-corrected chi connectivity index (χ3v) is 5.59. The number of quaternary nitrogens is 1. The molecule has 2 aromatic carbocycles. The van der Waals surface area contributed by atoms with Crippen LogP contribution in [0.5, 0.6) is 0 Å². The second kappa shape index (κ2) is 8.59. The molecule has 0 atom stereocenters. The summed E-state index contributed by atoms with van der Waals surface area (Å²) in [5.74, 6) is 0.0217. The number of amides is 1. The van der Waals surface area contributed by atoms with Crippen molar-refractivity contribution in [2.45, 2.75) is 6.92 Å². The van der Waals surface area contributed by atoms with E-state index in [2.05, 4.69) is 0 Å². The molecule has 0 aliphatic carbocycles. The van der Waals surface area contributed by atoms with Crippen LogP contribution in [-0.4, -0.2) is 65.0 Å². The first kappa shape index (κ1) is 19.4. The van der Waals surface area contributed by atoms with E-state index in [-0.39, 0.29) is 12.5 Å². The molecule has 0 saturated carbocycles. The molecule has 6 heteroatoms. The van der Waals surface area contributed by atoms with Crippen molar-refractivity contribution in [1.82, 2.24) is 14.7 Å². The van der Waals surface area contributed by atoms with E-state index in [9.17, 15) is 4.79 Å². The number of nitrogens with one attached hydrogen (secondary N) is 1. The van der Waals surface area contributed by atoms with Gasteiger partial charge in [-0.05, 0) is 24.6 Å². The number of hydrogen-bond acceptors (Lipinski definition) is 3. The van der Waals surface area contributed by atoms with Crippen LogP contribution in [0, 0.1) is 6.92 Å². The Morgan fingerprint density at radius 2 is 1.76 bits per heavy atom. The molecule has 150 valence electrons. The molecule has 2 heterocycles. The van der Waals surface area contributed by atoms with Gasteiger partial charge in [0.15, 0.2) is 0 Å². The first-order valence-electron chi connectivity index (χ1n) is 10.1. The highest BCUT2D eigenvalue weighted by Crippen LogP contribution is 2.27. The lowest BCUT2D eigenvalue weighted by atomic mass is 10.0. The predicted molar refractivity (Wildman–Crippen MR) is 112 cm³/mol. The first-order chi connectivity index (χ1) is 14.2. The number of aromatic nitrogens is 2. The van der Waals surface area contributed by atoms with Crippen LogP contribution in [0.2, 0.25) is 0 Å². The van der Waals surface area contributed by atoms with Gasteiger partial charge in [-0.25, -0.2) is 4.68 Å². The minimum Gasteiger partial charge on any atom is -0.391 e. The number of rotatable bonds is 5. The van der Waals surface area contributed by atoms with Crippen LogP contribution in [0.15, 0.2) is 60.8 Å². The number of nitrogens with zero attached hydrogens (tertiary/aromatic N) is 3. The van der Waals surface area contributed by atoms with E-state index in [1.54, 1.807) is 4.68 Å². The van der Waals surface area contributed by atoms with Gasteiger partial charge < -0.3 is 14.9 Å². The number of carbonyl (C=O) groups excluding carboxylic acids is 1. The zero-order valence-corrected chi connectivity index (χ0v) is 16.7. The summed E-state index contributed by atoms with van der Waals surface area (Å²) in [6, 6.07) is 17.9. The zero-order valence-electron chi connectivity index (χ0n) is 16.7. The van der Waals surface area contributed by atoms with E-state index < -0.39 is 0 Å². The number of aliphatic hydroxyl groups is 1. The van der Waals surface area contributed by atoms with Crippen molar-refractivity contribution in [3.8, 4) is 16.9 Å². The molecule has 0 spiro atoms. The van der Waals surface area contributed by atoms with Crippen LogP contribution in [0.1, 0.15) is 15.9 Å². The Balaban J connectivity index is 1.69. The smallest absolute Gasteiger partial charge is 0.258 e. The second-order valence-electron chi connectivity index (χ2n) is 7.50. The maximum Gasteiger partial charge on any atom is 0.258 e. The molecule has 4 rings (SSSR count). The topological polar surface area (TPSA) is 62.8 Å². The average Bonchev–Trinajstić information content (AvgIpc) is 3.20. The quantitative estimate of drug-likeness (QED) is 0.687. The summed E-state index contributed by atoms with van der Waals surface area (Å²) in [4.78, 5) is 16.7. The molecule has 6 nitrogen and oxygen atoms in total. The molecule has 1 aliphatic heterocycles. The van der Waals surface area contributed by atoms with E-state index in [1.165, 1.54) is 4.90 Å².